The number of amides is 1. The fourth-order valence-corrected chi connectivity index (χ4v) is 2.56. The van der Waals surface area contributed by atoms with Crippen LogP contribution < -0.4 is 10.6 Å². The molecule has 0 aliphatic heterocycles. The third kappa shape index (κ3) is 3.94. The first-order chi connectivity index (χ1) is 9.16. The predicted molar refractivity (Wildman–Crippen MR) is 75.9 cm³/mol. The number of carbonyl (C=O) groups excluding carboxylic acids is 1. The lowest BCUT2D eigenvalue weighted by molar-refractivity contribution is -0.123. The molecule has 2 N–H and O–H groups in total. The normalized spacial score (nSPS) is 14.0. The van der Waals surface area contributed by atoms with Gasteiger partial charge in [0, 0.05) is 6.04 Å². The molecular weight excluding hydrogens is 260 g/mol. The summed E-state index contributed by atoms with van der Waals surface area (Å²) >= 11 is 1.66. The molecule has 0 saturated carbocycles. The van der Waals surface area contributed by atoms with Gasteiger partial charge in [-0.3, -0.25) is 10.1 Å². The van der Waals surface area contributed by atoms with Crippen LogP contribution in [0.2, 0.25) is 0 Å². The molecule has 2 heterocycles. The molecule has 0 fully saturated rings. The third-order valence-corrected chi connectivity index (χ3v) is 3.65. The van der Waals surface area contributed by atoms with Gasteiger partial charge in [-0.15, -0.1) is 0 Å². The highest BCUT2D eigenvalue weighted by Crippen LogP contribution is 2.16. The Hall–Kier alpha value is -1.59. The van der Waals surface area contributed by atoms with Gasteiger partial charge in [0.1, 0.15) is 5.76 Å². The second-order valence-electron chi connectivity index (χ2n) is 4.46. The van der Waals surface area contributed by atoms with Gasteiger partial charge in [-0.25, -0.2) is 0 Å². The van der Waals surface area contributed by atoms with Crippen LogP contribution in [-0.4, -0.2) is 11.9 Å². The number of carbonyl (C=O) groups is 1. The summed E-state index contributed by atoms with van der Waals surface area (Å²) in [6.45, 7) is 4.34. The molecule has 2 unspecified atom stereocenters. The maximum absolute atomic E-state index is 11.9. The van der Waals surface area contributed by atoms with E-state index in [1.54, 1.807) is 17.6 Å². The van der Waals surface area contributed by atoms with E-state index in [-0.39, 0.29) is 18.0 Å². The molecule has 0 spiro atoms. The molecule has 2 atom stereocenters. The predicted octanol–water partition coefficient (Wildman–Crippen LogP) is 2.70. The Morgan fingerprint density at radius 3 is 2.89 bits per heavy atom. The highest BCUT2D eigenvalue weighted by atomic mass is 32.1. The largest absolute Gasteiger partial charge is 0.467 e. The zero-order valence-corrected chi connectivity index (χ0v) is 11.9. The van der Waals surface area contributed by atoms with Crippen molar-refractivity contribution in [1.29, 1.82) is 0 Å². The van der Waals surface area contributed by atoms with Crippen molar-refractivity contribution in [3.63, 3.8) is 0 Å². The maximum Gasteiger partial charge on any atom is 0.237 e. The van der Waals surface area contributed by atoms with Crippen molar-refractivity contribution in [2.24, 2.45) is 0 Å². The van der Waals surface area contributed by atoms with E-state index in [0.29, 0.717) is 6.54 Å². The lowest BCUT2D eigenvalue weighted by Gasteiger charge is -2.18. The van der Waals surface area contributed by atoms with Gasteiger partial charge in [0.15, 0.2) is 0 Å². The van der Waals surface area contributed by atoms with E-state index in [0.717, 1.165) is 5.76 Å². The fourth-order valence-electron chi connectivity index (χ4n) is 1.81. The van der Waals surface area contributed by atoms with Gasteiger partial charge in [0.25, 0.3) is 0 Å². The lowest BCUT2D eigenvalue weighted by atomic mass is 10.1. The van der Waals surface area contributed by atoms with Crippen LogP contribution in [0.25, 0.3) is 0 Å². The number of furan rings is 1. The first-order valence-corrected chi connectivity index (χ1v) is 7.19. The van der Waals surface area contributed by atoms with Crippen molar-refractivity contribution >= 4 is 17.2 Å². The first kappa shape index (κ1) is 13.8. The molecule has 0 saturated heterocycles. The van der Waals surface area contributed by atoms with Crippen molar-refractivity contribution in [3.8, 4) is 0 Å². The summed E-state index contributed by atoms with van der Waals surface area (Å²) in [5.41, 5.74) is 1.20. The Kier molecular flexibility index (Phi) is 4.76. The molecule has 0 aliphatic rings. The van der Waals surface area contributed by atoms with Gasteiger partial charge in [0.05, 0.1) is 18.8 Å². The Bertz CT molecular complexity index is 494. The quantitative estimate of drug-likeness (QED) is 0.854. The van der Waals surface area contributed by atoms with Crippen LogP contribution in [0, 0.1) is 0 Å². The first-order valence-electron chi connectivity index (χ1n) is 6.25. The topological polar surface area (TPSA) is 54.3 Å². The van der Waals surface area contributed by atoms with Gasteiger partial charge in [-0.05, 0) is 48.4 Å². The lowest BCUT2D eigenvalue weighted by Crippen LogP contribution is -2.42. The Morgan fingerprint density at radius 1 is 1.42 bits per heavy atom. The van der Waals surface area contributed by atoms with Crippen molar-refractivity contribution in [2.75, 3.05) is 0 Å². The van der Waals surface area contributed by atoms with Gasteiger partial charge in [0.2, 0.25) is 5.91 Å². The smallest absolute Gasteiger partial charge is 0.237 e. The molecule has 2 rings (SSSR count). The molecule has 2 aromatic rings. The molecule has 0 radical (unpaired) electrons. The Labute approximate surface area is 116 Å². The summed E-state index contributed by atoms with van der Waals surface area (Å²) < 4.78 is 5.17. The van der Waals surface area contributed by atoms with Crippen LogP contribution in [-0.2, 0) is 11.3 Å². The van der Waals surface area contributed by atoms with Crippen LogP contribution in [0.1, 0.15) is 31.2 Å². The molecule has 19 heavy (non-hydrogen) atoms. The molecule has 102 valence electrons. The molecule has 0 bridgehead atoms. The van der Waals surface area contributed by atoms with Crippen molar-refractivity contribution in [2.45, 2.75) is 32.5 Å². The van der Waals surface area contributed by atoms with Gasteiger partial charge < -0.3 is 9.73 Å². The van der Waals surface area contributed by atoms with E-state index in [2.05, 4.69) is 29.0 Å². The summed E-state index contributed by atoms with van der Waals surface area (Å²) in [7, 11) is 0. The summed E-state index contributed by atoms with van der Waals surface area (Å²) in [5, 5.41) is 10.2. The van der Waals surface area contributed by atoms with Crippen LogP contribution in [0.15, 0.2) is 39.6 Å². The number of nitrogens with one attached hydrogen (secondary N) is 2. The SMILES string of the molecule is CC(NC(C)c1ccsc1)C(=O)NCc1ccco1. The average molecular weight is 278 g/mol. The van der Waals surface area contributed by atoms with Gasteiger partial charge >= 0.3 is 0 Å². The average Bonchev–Trinajstić information content (AvgIpc) is 3.08. The van der Waals surface area contributed by atoms with Gasteiger partial charge in [-0.2, -0.15) is 11.3 Å². The fraction of sp³-hybridized carbons (Fsp3) is 0.357. The highest BCUT2D eigenvalue weighted by molar-refractivity contribution is 7.07. The monoisotopic (exact) mass is 278 g/mol. The Balaban J connectivity index is 1.79. The third-order valence-electron chi connectivity index (χ3n) is 2.95. The summed E-state index contributed by atoms with van der Waals surface area (Å²) in [5.74, 6) is 0.727. The number of thiophene rings is 1. The van der Waals surface area contributed by atoms with Crippen molar-refractivity contribution in [3.05, 3.63) is 46.5 Å². The van der Waals surface area contributed by atoms with E-state index in [9.17, 15) is 4.79 Å². The molecular formula is C14H18N2O2S. The van der Waals surface area contributed by atoms with Gasteiger partial charge in [-0.1, -0.05) is 0 Å². The molecule has 2 aromatic heterocycles. The molecule has 5 heteroatoms. The highest BCUT2D eigenvalue weighted by Gasteiger charge is 2.16. The zero-order valence-electron chi connectivity index (χ0n) is 11.1. The second kappa shape index (κ2) is 6.54. The number of hydrogen-bond acceptors (Lipinski definition) is 4. The molecule has 0 aromatic carbocycles. The summed E-state index contributed by atoms with van der Waals surface area (Å²) in [6, 6.07) is 5.63. The minimum Gasteiger partial charge on any atom is -0.467 e. The van der Waals surface area contributed by atoms with E-state index < -0.39 is 0 Å². The molecule has 4 nitrogen and oxygen atoms in total. The van der Waals surface area contributed by atoms with Crippen molar-refractivity contribution < 1.29 is 9.21 Å². The van der Waals surface area contributed by atoms with E-state index in [1.807, 2.05) is 24.4 Å². The maximum atomic E-state index is 11.9. The Morgan fingerprint density at radius 2 is 2.26 bits per heavy atom. The van der Waals surface area contributed by atoms with Crippen LogP contribution >= 0.6 is 11.3 Å². The number of rotatable bonds is 6. The zero-order chi connectivity index (χ0) is 13.7. The number of hydrogen-bond donors (Lipinski definition) is 2. The van der Waals surface area contributed by atoms with Crippen LogP contribution in [0.5, 0.6) is 0 Å². The molecule has 0 aliphatic carbocycles. The summed E-state index contributed by atoms with van der Waals surface area (Å²) in [4.78, 5) is 11.9. The molecule has 1 amide bonds. The van der Waals surface area contributed by atoms with E-state index in [4.69, 9.17) is 4.42 Å². The minimum absolute atomic E-state index is 0.0292. The second-order valence-corrected chi connectivity index (χ2v) is 5.24. The van der Waals surface area contributed by atoms with Crippen molar-refractivity contribution in [1.82, 2.24) is 10.6 Å². The van der Waals surface area contributed by atoms with E-state index >= 15 is 0 Å². The van der Waals surface area contributed by atoms with Crippen LogP contribution in [0.4, 0.5) is 0 Å². The van der Waals surface area contributed by atoms with E-state index in [1.165, 1.54) is 5.56 Å². The minimum atomic E-state index is -0.245. The summed E-state index contributed by atoms with van der Waals surface area (Å²) in [6.07, 6.45) is 1.60. The van der Waals surface area contributed by atoms with Crippen LogP contribution in [0.3, 0.4) is 0 Å². The standard InChI is InChI=1S/C14H18N2O2S/c1-10(12-5-7-19-9-12)16-11(2)14(17)15-8-13-4-3-6-18-13/h3-7,9-11,16H,8H2,1-2H3,(H,15,17).